The third kappa shape index (κ3) is 2.74. The van der Waals surface area contributed by atoms with Gasteiger partial charge in [-0.3, -0.25) is 4.68 Å². The Kier molecular flexibility index (Phi) is 4.42. The molecule has 104 valence electrons. The molecule has 6 heteroatoms. The van der Waals surface area contributed by atoms with Gasteiger partial charge in [-0.05, 0) is 29.4 Å². The Bertz CT molecular complexity index is 557. The molecule has 2 aromatic heterocycles. The highest BCUT2D eigenvalue weighted by atomic mass is 79.9. The lowest BCUT2D eigenvalue weighted by Gasteiger charge is -2.16. The number of aryl methyl sites for hydroxylation is 3. The number of hydrogen-bond acceptors (Lipinski definition) is 3. The first-order valence-corrected chi connectivity index (χ1v) is 7.22. The highest BCUT2D eigenvalue weighted by Gasteiger charge is 2.20. The summed E-state index contributed by atoms with van der Waals surface area (Å²) in [4.78, 5) is 4.42. The number of aromatic nitrogens is 4. The van der Waals surface area contributed by atoms with Gasteiger partial charge in [0, 0.05) is 32.9 Å². The molecule has 19 heavy (non-hydrogen) atoms. The molecule has 2 heterocycles. The summed E-state index contributed by atoms with van der Waals surface area (Å²) in [6, 6.07) is 0.177. The van der Waals surface area contributed by atoms with Crippen molar-refractivity contribution >= 4 is 15.9 Å². The molecule has 0 aliphatic rings. The van der Waals surface area contributed by atoms with E-state index in [0.29, 0.717) is 0 Å². The Labute approximate surface area is 122 Å². The lowest BCUT2D eigenvalue weighted by atomic mass is 10.1. The zero-order valence-electron chi connectivity index (χ0n) is 11.8. The van der Waals surface area contributed by atoms with Crippen LogP contribution < -0.4 is 5.32 Å². The Morgan fingerprint density at radius 3 is 2.63 bits per heavy atom. The van der Waals surface area contributed by atoms with Gasteiger partial charge >= 0.3 is 0 Å². The van der Waals surface area contributed by atoms with Crippen molar-refractivity contribution < 1.29 is 0 Å². The van der Waals surface area contributed by atoms with Crippen LogP contribution in [0.2, 0.25) is 0 Å². The van der Waals surface area contributed by atoms with Gasteiger partial charge in [0.25, 0.3) is 0 Å². The van der Waals surface area contributed by atoms with Crippen molar-refractivity contribution in [2.75, 3.05) is 7.05 Å². The van der Waals surface area contributed by atoms with Crippen LogP contribution in [0.5, 0.6) is 0 Å². The van der Waals surface area contributed by atoms with Gasteiger partial charge in [0.15, 0.2) is 0 Å². The van der Waals surface area contributed by atoms with Crippen LogP contribution in [0.1, 0.15) is 30.2 Å². The summed E-state index contributed by atoms with van der Waals surface area (Å²) in [5, 5.41) is 7.86. The number of halogens is 1. The van der Waals surface area contributed by atoms with E-state index in [-0.39, 0.29) is 6.04 Å². The molecular formula is C13H20BrN5. The quantitative estimate of drug-likeness (QED) is 0.914. The minimum Gasteiger partial charge on any atom is -0.337 e. The molecule has 2 aromatic rings. The van der Waals surface area contributed by atoms with Gasteiger partial charge in [0.1, 0.15) is 5.82 Å². The molecule has 0 fully saturated rings. The van der Waals surface area contributed by atoms with Gasteiger partial charge in [-0.1, -0.05) is 6.92 Å². The van der Waals surface area contributed by atoms with Crippen LogP contribution in [0.3, 0.4) is 0 Å². The molecule has 5 nitrogen and oxygen atoms in total. The van der Waals surface area contributed by atoms with E-state index in [1.54, 1.807) is 0 Å². The maximum Gasteiger partial charge on any atom is 0.125 e. The van der Waals surface area contributed by atoms with Crippen LogP contribution in [-0.4, -0.2) is 26.4 Å². The third-order valence-corrected chi connectivity index (χ3v) is 4.33. The number of imidazole rings is 1. The van der Waals surface area contributed by atoms with Crippen molar-refractivity contribution in [3.8, 4) is 0 Å². The minimum absolute atomic E-state index is 0.177. The summed E-state index contributed by atoms with van der Waals surface area (Å²) in [6.07, 6.45) is 5.58. The summed E-state index contributed by atoms with van der Waals surface area (Å²) >= 11 is 3.66. The fourth-order valence-electron chi connectivity index (χ4n) is 2.27. The summed E-state index contributed by atoms with van der Waals surface area (Å²) < 4.78 is 5.12. The van der Waals surface area contributed by atoms with Crippen molar-refractivity contribution in [1.29, 1.82) is 0 Å². The number of likely N-dealkylation sites (N-methyl/N-ethyl adjacent to an activating group) is 1. The molecular weight excluding hydrogens is 306 g/mol. The maximum atomic E-state index is 4.53. The molecule has 1 N–H and O–H groups in total. The fourth-order valence-corrected chi connectivity index (χ4v) is 3.05. The largest absolute Gasteiger partial charge is 0.337 e. The molecule has 0 aliphatic carbocycles. The average molecular weight is 326 g/mol. The van der Waals surface area contributed by atoms with Crippen molar-refractivity contribution in [3.63, 3.8) is 0 Å². The van der Waals surface area contributed by atoms with Crippen molar-refractivity contribution in [1.82, 2.24) is 24.6 Å². The Morgan fingerprint density at radius 1 is 1.42 bits per heavy atom. The zero-order valence-corrected chi connectivity index (χ0v) is 13.4. The highest BCUT2D eigenvalue weighted by molar-refractivity contribution is 9.10. The van der Waals surface area contributed by atoms with Crippen LogP contribution in [0.4, 0.5) is 0 Å². The van der Waals surface area contributed by atoms with Crippen molar-refractivity contribution in [3.05, 3.63) is 34.1 Å². The molecule has 0 radical (unpaired) electrons. The average Bonchev–Trinajstić information content (AvgIpc) is 2.93. The van der Waals surface area contributed by atoms with E-state index in [4.69, 9.17) is 0 Å². The second kappa shape index (κ2) is 5.88. The van der Waals surface area contributed by atoms with E-state index < -0.39 is 0 Å². The fraction of sp³-hybridized carbons (Fsp3) is 0.538. The van der Waals surface area contributed by atoms with E-state index in [9.17, 15) is 0 Å². The van der Waals surface area contributed by atoms with Crippen molar-refractivity contribution in [2.45, 2.75) is 25.8 Å². The normalized spacial score (nSPS) is 12.9. The topological polar surface area (TPSA) is 47.7 Å². The summed E-state index contributed by atoms with van der Waals surface area (Å²) in [5.74, 6) is 1.04. The Morgan fingerprint density at radius 2 is 2.16 bits per heavy atom. The van der Waals surface area contributed by atoms with E-state index in [0.717, 1.165) is 28.8 Å². The lowest BCUT2D eigenvalue weighted by Crippen LogP contribution is -2.23. The van der Waals surface area contributed by atoms with Gasteiger partial charge in [0.05, 0.1) is 21.9 Å². The SMILES string of the molecule is CCc1nn(C)c(CC(NC)c2nccn2C)c1Br. The Balaban J connectivity index is 2.29. The molecule has 1 atom stereocenters. The molecule has 0 bridgehead atoms. The van der Waals surface area contributed by atoms with Crippen LogP contribution in [0.15, 0.2) is 16.9 Å². The predicted octanol–water partition coefficient (Wildman–Crippen LogP) is 1.98. The van der Waals surface area contributed by atoms with Gasteiger partial charge in [0.2, 0.25) is 0 Å². The predicted molar refractivity (Wildman–Crippen MR) is 79.0 cm³/mol. The van der Waals surface area contributed by atoms with Gasteiger partial charge < -0.3 is 9.88 Å². The maximum absolute atomic E-state index is 4.53. The molecule has 0 aliphatic heterocycles. The number of hydrogen-bond donors (Lipinski definition) is 1. The van der Waals surface area contributed by atoms with E-state index in [1.807, 2.05) is 42.8 Å². The Hall–Kier alpha value is -1.14. The minimum atomic E-state index is 0.177. The van der Waals surface area contributed by atoms with Gasteiger partial charge in [-0.25, -0.2) is 4.98 Å². The summed E-state index contributed by atoms with van der Waals surface area (Å²) in [6.45, 7) is 2.12. The second-order valence-electron chi connectivity index (χ2n) is 4.63. The number of nitrogens with one attached hydrogen (secondary N) is 1. The molecule has 0 saturated heterocycles. The van der Waals surface area contributed by atoms with E-state index >= 15 is 0 Å². The first kappa shape index (κ1) is 14.3. The first-order chi connectivity index (χ1) is 9.08. The van der Waals surface area contributed by atoms with Gasteiger partial charge in [-0.2, -0.15) is 5.10 Å². The molecule has 0 saturated carbocycles. The zero-order chi connectivity index (χ0) is 14.0. The summed E-state index contributed by atoms with van der Waals surface area (Å²) in [5.41, 5.74) is 2.30. The van der Waals surface area contributed by atoms with Crippen LogP contribution in [0.25, 0.3) is 0 Å². The summed E-state index contributed by atoms with van der Waals surface area (Å²) in [7, 11) is 5.97. The van der Waals surface area contributed by atoms with Crippen LogP contribution >= 0.6 is 15.9 Å². The monoisotopic (exact) mass is 325 g/mol. The van der Waals surface area contributed by atoms with Gasteiger partial charge in [-0.15, -0.1) is 0 Å². The van der Waals surface area contributed by atoms with Crippen LogP contribution in [-0.2, 0) is 26.9 Å². The van der Waals surface area contributed by atoms with E-state index in [1.165, 1.54) is 5.69 Å². The molecule has 0 amide bonds. The number of rotatable bonds is 5. The molecule has 0 spiro atoms. The third-order valence-electron chi connectivity index (χ3n) is 3.42. The standard InChI is InChI=1S/C13H20BrN5/c1-5-9-12(14)11(19(4)17-9)8-10(15-2)13-16-6-7-18(13)3/h6-7,10,15H,5,8H2,1-4H3. The molecule has 1 unspecified atom stereocenters. The first-order valence-electron chi connectivity index (χ1n) is 6.43. The lowest BCUT2D eigenvalue weighted by molar-refractivity contribution is 0.518. The second-order valence-corrected chi connectivity index (χ2v) is 5.42. The van der Waals surface area contributed by atoms with Crippen LogP contribution in [0, 0.1) is 0 Å². The van der Waals surface area contributed by atoms with Crippen molar-refractivity contribution in [2.24, 2.45) is 14.1 Å². The number of nitrogens with zero attached hydrogens (tertiary/aromatic N) is 4. The smallest absolute Gasteiger partial charge is 0.125 e. The highest BCUT2D eigenvalue weighted by Crippen LogP contribution is 2.26. The van der Waals surface area contributed by atoms with E-state index in [2.05, 4.69) is 38.3 Å². The molecule has 0 aromatic carbocycles. The molecule has 2 rings (SSSR count).